The molecule has 40 heavy (non-hydrogen) atoms. The summed E-state index contributed by atoms with van der Waals surface area (Å²) in [5.41, 5.74) is 4.60. The number of benzene rings is 2. The first-order valence-corrected chi connectivity index (χ1v) is 16.4. The van der Waals surface area contributed by atoms with Crippen LogP contribution in [0, 0.1) is 12.8 Å². The van der Waals surface area contributed by atoms with Crippen LogP contribution in [0.15, 0.2) is 42.5 Å². The Hall–Kier alpha value is -2.35. The molecule has 0 radical (unpaired) electrons. The molecule has 0 bridgehead atoms. The minimum atomic E-state index is -1.00. The van der Waals surface area contributed by atoms with E-state index in [1.54, 1.807) is 11.8 Å². The molecule has 1 aliphatic heterocycles. The number of carbonyl (C=O) groups is 2. The largest absolute Gasteiger partial charge is 0.480 e. The molecule has 1 heterocycles. The van der Waals surface area contributed by atoms with Gasteiger partial charge >= 0.3 is 5.97 Å². The van der Waals surface area contributed by atoms with E-state index >= 15 is 0 Å². The molecule has 218 valence electrons. The molecule has 2 aromatic rings. The molecule has 0 aromatic heterocycles. The van der Waals surface area contributed by atoms with Crippen LogP contribution in [0.3, 0.4) is 0 Å². The monoisotopic (exact) mass is 566 g/mol. The Morgan fingerprint density at radius 3 is 2.60 bits per heavy atom. The summed E-state index contributed by atoms with van der Waals surface area (Å²) in [5.74, 6) is -0.00190. The van der Waals surface area contributed by atoms with E-state index in [9.17, 15) is 14.7 Å². The standard InChI is InChI=1S/C33H46N2O4S/c1-4-24-18-26(22-39-27-11-6-5-7-12-27)35(20-24)21-25-14-15-29(30(19-25)28-13-9-8-10-23(28)2)32(36)34-31(33(37)38)16-17-40-3/h8-10,13-15,19,24,26-27,31H,4-7,11-12,16-18,20-22H2,1-3H3,(H,34,36)(H,37,38). The van der Waals surface area contributed by atoms with E-state index in [2.05, 4.69) is 23.2 Å². The van der Waals surface area contributed by atoms with Crippen molar-refractivity contribution in [2.75, 3.05) is 25.2 Å². The molecule has 1 aliphatic carbocycles. The third kappa shape index (κ3) is 8.11. The van der Waals surface area contributed by atoms with E-state index in [-0.39, 0.29) is 5.91 Å². The second-order valence-corrected chi connectivity index (χ2v) is 12.5. The fourth-order valence-corrected chi connectivity index (χ4v) is 6.65. The first kappa shape index (κ1) is 30.6. The lowest BCUT2D eigenvalue weighted by atomic mass is 9.93. The number of carboxylic acids is 1. The highest BCUT2D eigenvalue weighted by molar-refractivity contribution is 7.98. The van der Waals surface area contributed by atoms with Gasteiger partial charge in [0.05, 0.1) is 12.7 Å². The van der Waals surface area contributed by atoms with Crippen molar-refractivity contribution in [1.82, 2.24) is 10.2 Å². The maximum Gasteiger partial charge on any atom is 0.326 e. The lowest BCUT2D eigenvalue weighted by Crippen LogP contribution is -2.41. The predicted molar refractivity (Wildman–Crippen MR) is 164 cm³/mol. The first-order chi connectivity index (χ1) is 19.4. The van der Waals surface area contributed by atoms with Crippen molar-refractivity contribution < 1.29 is 19.4 Å². The summed E-state index contributed by atoms with van der Waals surface area (Å²) in [6, 6.07) is 13.6. The molecular formula is C33H46N2O4S. The molecule has 2 aliphatic rings. The van der Waals surface area contributed by atoms with Crippen LogP contribution < -0.4 is 5.32 Å². The van der Waals surface area contributed by atoms with E-state index in [1.807, 2.05) is 49.6 Å². The summed E-state index contributed by atoms with van der Waals surface area (Å²) < 4.78 is 6.43. The van der Waals surface area contributed by atoms with Gasteiger partial charge in [-0.25, -0.2) is 4.79 Å². The zero-order chi connectivity index (χ0) is 28.5. The summed E-state index contributed by atoms with van der Waals surface area (Å²) in [5, 5.41) is 12.5. The van der Waals surface area contributed by atoms with E-state index in [4.69, 9.17) is 4.74 Å². The van der Waals surface area contributed by atoms with E-state index in [0.717, 1.165) is 42.0 Å². The highest BCUT2D eigenvalue weighted by Gasteiger charge is 2.32. The Bertz CT molecular complexity index is 1130. The number of carboxylic acid groups (broad SMARTS) is 1. The van der Waals surface area contributed by atoms with Crippen molar-refractivity contribution in [2.24, 2.45) is 5.92 Å². The Morgan fingerprint density at radius 1 is 1.12 bits per heavy atom. The second kappa shape index (κ2) is 15.0. The zero-order valence-corrected chi connectivity index (χ0v) is 25.2. The van der Waals surface area contributed by atoms with Crippen LogP contribution in [0.2, 0.25) is 0 Å². The third-order valence-corrected chi connectivity index (χ3v) is 9.28. The van der Waals surface area contributed by atoms with Crippen molar-refractivity contribution in [3.8, 4) is 11.1 Å². The van der Waals surface area contributed by atoms with Crippen molar-refractivity contribution in [3.05, 3.63) is 59.2 Å². The number of hydrogen-bond donors (Lipinski definition) is 2. The maximum atomic E-state index is 13.4. The molecule has 0 spiro atoms. The van der Waals surface area contributed by atoms with Crippen molar-refractivity contribution in [3.63, 3.8) is 0 Å². The molecule has 1 amide bonds. The average Bonchev–Trinajstić information content (AvgIpc) is 3.36. The molecule has 3 atom stereocenters. The van der Waals surface area contributed by atoms with Gasteiger partial charge in [-0.05, 0) is 84.9 Å². The SMILES string of the molecule is CCC1CC(COC2CCCCC2)N(Cc2ccc(C(=O)NC(CCSC)C(=O)O)c(-c3ccccc3C)c2)C1. The van der Waals surface area contributed by atoms with Gasteiger partial charge in [-0.2, -0.15) is 11.8 Å². The fourth-order valence-electron chi connectivity index (χ4n) is 6.18. The number of aliphatic carboxylic acids is 1. The van der Waals surface area contributed by atoms with Gasteiger partial charge in [0.2, 0.25) is 0 Å². The minimum Gasteiger partial charge on any atom is -0.480 e. The minimum absolute atomic E-state index is 0.343. The average molecular weight is 567 g/mol. The number of nitrogens with zero attached hydrogens (tertiary/aromatic N) is 1. The highest BCUT2D eigenvalue weighted by Crippen LogP contribution is 2.32. The molecule has 1 saturated carbocycles. The van der Waals surface area contributed by atoms with Gasteiger partial charge in [0.15, 0.2) is 0 Å². The topological polar surface area (TPSA) is 78.9 Å². The zero-order valence-electron chi connectivity index (χ0n) is 24.4. The van der Waals surface area contributed by atoms with E-state index in [0.29, 0.717) is 35.8 Å². The van der Waals surface area contributed by atoms with Gasteiger partial charge in [0, 0.05) is 24.7 Å². The van der Waals surface area contributed by atoms with Crippen LogP contribution in [0.1, 0.15) is 79.8 Å². The van der Waals surface area contributed by atoms with E-state index in [1.165, 1.54) is 44.9 Å². The summed E-state index contributed by atoms with van der Waals surface area (Å²) in [6.07, 6.45) is 11.3. The van der Waals surface area contributed by atoms with Crippen LogP contribution >= 0.6 is 11.8 Å². The number of hydrogen-bond acceptors (Lipinski definition) is 5. The number of rotatable bonds is 13. The Labute approximate surface area is 244 Å². The predicted octanol–water partition coefficient (Wildman–Crippen LogP) is 6.55. The van der Waals surface area contributed by atoms with Crippen molar-refractivity contribution >= 4 is 23.6 Å². The van der Waals surface area contributed by atoms with Crippen LogP contribution in [-0.2, 0) is 16.1 Å². The maximum absolute atomic E-state index is 13.4. The van der Waals surface area contributed by atoms with Gasteiger partial charge in [-0.15, -0.1) is 0 Å². The molecule has 4 rings (SSSR count). The number of thioether (sulfide) groups is 1. The van der Waals surface area contributed by atoms with Gasteiger partial charge in [-0.3, -0.25) is 9.69 Å². The molecule has 7 heteroatoms. The Morgan fingerprint density at radius 2 is 1.90 bits per heavy atom. The van der Waals surface area contributed by atoms with Gasteiger partial charge in [0.1, 0.15) is 6.04 Å². The van der Waals surface area contributed by atoms with Gasteiger partial charge in [0.25, 0.3) is 5.91 Å². The Kier molecular flexibility index (Phi) is 11.5. The van der Waals surface area contributed by atoms with Gasteiger partial charge in [-0.1, -0.05) is 62.9 Å². The fraction of sp³-hybridized carbons (Fsp3) is 0.576. The number of amides is 1. The highest BCUT2D eigenvalue weighted by atomic mass is 32.2. The van der Waals surface area contributed by atoms with Crippen LogP contribution in [0.25, 0.3) is 11.1 Å². The van der Waals surface area contributed by atoms with Crippen LogP contribution in [-0.4, -0.2) is 65.2 Å². The third-order valence-electron chi connectivity index (χ3n) is 8.63. The Balaban J connectivity index is 1.56. The van der Waals surface area contributed by atoms with Crippen molar-refractivity contribution in [2.45, 2.75) is 89.9 Å². The number of carbonyl (C=O) groups excluding carboxylic acids is 1. The van der Waals surface area contributed by atoms with Crippen LogP contribution in [0.5, 0.6) is 0 Å². The molecule has 1 saturated heterocycles. The molecule has 6 nitrogen and oxygen atoms in total. The summed E-state index contributed by atoms with van der Waals surface area (Å²) in [6.45, 7) is 6.99. The molecule has 2 aromatic carbocycles. The van der Waals surface area contributed by atoms with Crippen LogP contribution in [0.4, 0.5) is 0 Å². The second-order valence-electron chi connectivity index (χ2n) is 11.5. The lowest BCUT2D eigenvalue weighted by Gasteiger charge is -2.28. The quantitative estimate of drug-likeness (QED) is 0.286. The normalized spacial score (nSPS) is 20.9. The molecule has 2 N–H and O–H groups in total. The number of likely N-dealkylation sites (tertiary alicyclic amines) is 1. The summed E-state index contributed by atoms with van der Waals surface area (Å²) >= 11 is 1.57. The first-order valence-electron chi connectivity index (χ1n) is 15.0. The molecule has 3 unspecified atom stereocenters. The lowest BCUT2D eigenvalue weighted by molar-refractivity contribution is -0.139. The summed E-state index contributed by atoms with van der Waals surface area (Å²) in [4.78, 5) is 27.8. The molecular weight excluding hydrogens is 520 g/mol. The number of nitrogens with one attached hydrogen (secondary N) is 1. The summed E-state index contributed by atoms with van der Waals surface area (Å²) in [7, 11) is 0. The van der Waals surface area contributed by atoms with Crippen molar-refractivity contribution in [1.29, 1.82) is 0 Å². The number of aryl methyl sites for hydroxylation is 1. The van der Waals surface area contributed by atoms with Gasteiger partial charge < -0.3 is 15.2 Å². The number of ether oxygens (including phenoxy) is 1. The smallest absolute Gasteiger partial charge is 0.326 e. The molecule has 2 fully saturated rings. The van der Waals surface area contributed by atoms with E-state index < -0.39 is 12.0 Å².